The van der Waals surface area contributed by atoms with Gasteiger partial charge in [0.1, 0.15) is 9.84 Å². The first-order valence-corrected chi connectivity index (χ1v) is 9.17. The summed E-state index contributed by atoms with van der Waals surface area (Å²) in [5.74, 6) is 6.02. The average molecular weight is 292 g/mol. The van der Waals surface area contributed by atoms with Crippen molar-refractivity contribution < 1.29 is 13.2 Å². The van der Waals surface area contributed by atoms with Gasteiger partial charge in [0.05, 0.1) is 11.9 Å². The number of ether oxygens (including phenoxy) is 1. The Kier molecular flexibility index (Phi) is 7.90. The maximum absolute atomic E-state index is 11.4. The summed E-state index contributed by atoms with van der Waals surface area (Å²) in [6.07, 6.45) is 7.37. The van der Waals surface area contributed by atoms with Gasteiger partial charge >= 0.3 is 0 Å². The van der Waals surface area contributed by atoms with Crippen LogP contribution in [0.5, 0.6) is 0 Å². The minimum Gasteiger partial charge on any atom is -0.378 e. The lowest BCUT2D eigenvalue weighted by molar-refractivity contribution is 0.00844. The van der Waals surface area contributed by atoms with E-state index in [1.165, 1.54) is 12.8 Å². The van der Waals surface area contributed by atoms with E-state index in [0.717, 1.165) is 32.3 Å². The molecule has 5 nitrogen and oxygen atoms in total. The second-order valence-electron chi connectivity index (χ2n) is 5.31. The van der Waals surface area contributed by atoms with Crippen molar-refractivity contribution in [3.63, 3.8) is 0 Å². The van der Waals surface area contributed by atoms with Gasteiger partial charge in [-0.15, -0.1) is 0 Å². The Hall–Kier alpha value is -0.170. The Bertz CT molecular complexity index is 327. The van der Waals surface area contributed by atoms with Crippen molar-refractivity contribution in [3.05, 3.63) is 0 Å². The summed E-state index contributed by atoms with van der Waals surface area (Å²) in [5, 5.41) is 0. The second-order valence-corrected chi connectivity index (χ2v) is 7.78. The Balaban J connectivity index is 2.18. The molecule has 0 radical (unpaired) electrons. The monoisotopic (exact) mass is 292 g/mol. The summed E-state index contributed by atoms with van der Waals surface area (Å²) in [6.45, 7) is 2.56. The van der Waals surface area contributed by atoms with Gasteiger partial charge in [-0.3, -0.25) is 11.3 Å². The summed E-state index contributed by atoms with van der Waals surface area (Å²) in [6, 6.07) is 0.192. The highest BCUT2D eigenvalue weighted by Crippen LogP contribution is 2.18. The number of nitrogens with one attached hydrogen (secondary N) is 1. The summed E-state index contributed by atoms with van der Waals surface area (Å²) < 4.78 is 28.5. The van der Waals surface area contributed by atoms with E-state index < -0.39 is 9.84 Å². The third-order valence-electron chi connectivity index (χ3n) is 3.79. The molecule has 0 bridgehead atoms. The molecule has 0 aromatic carbocycles. The zero-order valence-electron chi connectivity index (χ0n) is 11.9. The van der Waals surface area contributed by atoms with Crippen LogP contribution < -0.4 is 11.3 Å². The van der Waals surface area contributed by atoms with Crippen LogP contribution in [0.4, 0.5) is 0 Å². The lowest BCUT2D eigenvalue weighted by Gasteiger charge is -2.24. The van der Waals surface area contributed by atoms with Gasteiger partial charge in [0.15, 0.2) is 0 Å². The molecule has 0 aromatic heterocycles. The van der Waals surface area contributed by atoms with Crippen LogP contribution in [-0.4, -0.2) is 38.7 Å². The summed E-state index contributed by atoms with van der Waals surface area (Å²) >= 11 is 0. The first-order valence-electron chi connectivity index (χ1n) is 7.35. The molecule has 6 heteroatoms. The maximum atomic E-state index is 11.4. The molecule has 0 aliphatic carbocycles. The predicted molar refractivity (Wildman–Crippen MR) is 77.5 cm³/mol. The quantitative estimate of drug-likeness (QED) is 0.496. The van der Waals surface area contributed by atoms with E-state index in [0.29, 0.717) is 12.5 Å². The number of rotatable bonds is 9. The molecule has 1 aliphatic rings. The van der Waals surface area contributed by atoms with Gasteiger partial charge in [-0.1, -0.05) is 6.92 Å². The van der Waals surface area contributed by atoms with E-state index in [2.05, 4.69) is 5.43 Å². The van der Waals surface area contributed by atoms with Gasteiger partial charge in [-0.25, -0.2) is 8.42 Å². The molecule has 19 heavy (non-hydrogen) atoms. The van der Waals surface area contributed by atoms with E-state index in [4.69, 9.17) is 10.6 Å². The van der Waals surface area contributed by atoms with Crippen molar-refractivity contribution in [2.75, 3.05) is 18.1 Å². The molecule has 0 spiro atoms. The molecule has 3 N–H and O–H groups in total. The van der Waals surface area contributed by atoms with Crippen LogP contribution >= 0.6 is 0 Å². The summed E-state index contributed by atoms with van der Waals surface area (Å²) in [4.78, 5) is 0. The zero-order valence-corrected chi connectivity index (χ0v) is 12.8. The summed E-state index contributed by atoms with van der Waals surface area (Å²) in [5.41, 5.74) is 2.80. The minimum absolute atomic E-state index is 0.192. The van der Waals surface area contributed by atoms with Crippen LogP contribution in [-0.2, 0) is 14.6 Å². The molecule has 114 valence electrons. The van der Waals surface area contributed by atoms with Crippen molar-refractivity contribution in [2.24, 2.45) is 5.84 Å². The number of nitrogens with two attached hydrogens (primary N) is 1. The molecule has 1 rings (SSSR count). The van der Waals surface area contributed by atoms with Crippen LogP contribution in [0.2, 0.25) is 0 Å². The van der Waals surface area contributed by atoms with Crippen molar-refractivity contribution in [1.82, 2.24) is 5.43 Å². The topological polar surface area (TPSA) is 81.4 Å². The summed E-state index contributed by atoms with van der Waals surface area (Å²) in [7, 11) is -2.85. The van der Waals surface area contributed by atoms with Gasteiger partial charge in [0, 0.05) is 18.4 Å². The Labute approximate surface area is 117 Å². The number of hydrazine groups is 1. The maximum Gasteiger partial charge on any atom is 0.150 e. The molecular formula is C13H28N2O3S. The highest BCUT2D eigenvalue weighted by molar-refractivity contribution is 7.91. The van der Waals surface area contributed by atoms with E-state index in [-0.39, 0.29) is 17.5 Å². The Morgan fingerprint density at radius 3 is 2.74 bits per heavy atom. The van der Waals surface area contributed by atoms with Crippen LogP contribution in [0.1, 0.15) is 51.9 Å². The van der Waals surface area contributed by atoms with E-state index in [1.54, 1.807) is 6.92 Å². The fourth-order valence-electron chi connectivity index (χ4n) is 2.43. The van der Waals surface area contributed by atoms with E-state index in [1.807, 2.05) is 0 Å². The normalized spacial score (nSPS) is 22.3. The van der Waals surface area contributed by atoms with Crippen molar-refractivity contribution >= 4 is 9.84 Å². The van der Waals surface area contributed by atoms with Crippen molar-refractivity contribution in [2.45, 2.75) is 64.0 Å². The molecule has 0 aromatic rings. The van der Waals surface area contributed by atoms with Gasteiger partial charge in [0.2, 0.25) is 0 Å². The number of hydrogen-bond donors (Lipinski definition) is 2. The Morgan fingerprint density at radius 1 is 1.37 bits per heavy atom. The van der Waals surface area contributed by atoms with Gasteiger partial charge < -0.3 is 4.74 Å². The highest BCUT2D eigenvalue weighted by atomic mass is 32.2. The highest BCUT2D eigenvalue weighted by Gasteiger charge is 2.16. The predicted octanol–water partition coefficient (Wildman–Crippen LogP) is 1.38. The Morgan fingerprint density at radius 2 is 2.16 bits per heavy atom. The first kappa shape index (κ1) is 16.9. The number of hydrogen-bond acceptors (Lipinski definition) is 5. The molecule has 1 saturated heterocycles. The van der Waals surface area contributed by atoms with Gasteiger partial charge in [-0.2, -0.15) is 0 Å². The van der Waals surface area contributed by atoms with E-state index >= 15 is 0 Å². The largest absolute Gasteiger partial charge is 0.378 e. The van der Waals surface area contributed by atoms with Crippen molar-refractivity contribution in [1.29, 1.82) is 0 Å². The third-order valence-corrected chi connectivity index (χ3v) is 5.58. The van der Waals surface area contributed by atoms with Crippen LogP contribution in [0.25, 0.3) is 0 Å². The molecule has 1 heterocycles. The molecule has 2 unspecified atom stereocenters. The fraction of sp³-hybridized carbons (Fsp3) is 1.00. The first-order chi connectivity index (χ1) is 9.07. The molecular weight excluding hydrogens is 264 g/mol. The smallest absolute Gasteiger partial charge is 0.150 e. The SMILES string of the molecule is CCS(=O)(=O)CCCC(CCC1CCCCO1)NN. The fourth-order valence-corrected chi connectivity index (χ4v) is 3.32. The van der Waals surface area contributed by atoms with Crippen LogP contribution in [0.3, 0.4) is 0 Å². The lowest BCUT2D eigenvalue weighted by Crippen LogP contribution is -2.36. The van der Waals surface area contributed by atoms with Crippen LogP contribution in [0, 0.1) is 0 Å². The molecule has 0 amide bonds. The average Bonchev–Trinajstić information content (AvgIpc) is 2.43. The molecule has 1 fully saturated rings. The zero-order chi connectivity index (χ0) is 14.1. The van der Waals surface area contributed by atoms with E-state index in [9.17, 15) is 8.42 Å². The van der Waals surface area contributed by atoms with Gasteiger partial charge in [0.25, 0.3) is 0 Å². The molecule has 2 atom stereocenters. The van der Waals surface area contributed by atoms with Gasteiger partial charge in [-0.05, 0) is 44.9 Å². The molecule has 0 saturated carbocycles. The second kappa shape index (κ2) is 8.89. The van der Waals surface area contributed by atoms with Crippen molar-refractivity contribution in [3.8, 4) is 0 Å². The lowest BCUT2D eigenvalue weighted by atomic mass is 10.00. The standard InChI is InChI=1S/C13H28N2O3S/c1-2-19(16,17)11-5-6-12(15-14)8-9-13-7-3-4-10-18-13/h12-13,15H,2-11,14H2,1H3. The minimum atomic E-state index is -2.85. The molecule has 1 aliphatic heterocycles. The number of sulfone groups is 1. The van der Waals surface area contributed by atoms with Crippen LogP contribution in [0.15, 0.2) is 0 Å². The third kappa shape index (κ3) is 7.25.